The number of carbonyl (C=O) groups excluding carboxylic acids is 2. The quantitative estimate of drug-likeness (QED) is 0.497. The SMILES string of the molecule is CCOC(=O)c1cnn(-c2ccccc2)c1NC(=O)C=Cc1ccc(Cl)cc1. The minimum Gasteiger partial charge on any atom is -0.462 e. The summed E-state index contributed by atoms with van der Waals surface area (Å²) in [7, 11) is 0. The number of amides is 1. The molecule has 0 unspecified atom stereocenters. The highest BCUT2D eigenvalue weighted by atomic mass is 35.5. The van der Waals surface area contributed by atoms with E-state index in [-0.39, 0.29) is 18.0 Å². The van der Waals surface area contributed by atoms with Crippen molar-refractivity contribution in [1.82, 2.24) is 9.78 Å². The Morgan fingerprint density at radius 3 is 2.54 bits per heavy atom. The molecule has 0 aliphatic rings. The number of nitrogens with one attached hydrogen (secondary N) is 1. The van der Waals surface area contributed by atoms with Crippen LogP contribution in [0.1, 0.15) is 22.8 Å². The Balaban J connectivity index is 1.88. The molecule has 0 radical (unpaired) electrons. The Labute approximate surface area is 167 Å². The molecular formula is C21H18ClN3O3. The number of esters is 1. The minimum atomic E-state index is -0.554. The van der Waals surface area contributed by atoms with Gasteiger partial charge in [-0.15, -0.1) is 0 Å². The second kappa shape index (κ2) is 9.01. The van der Waals surface area contributed by atoms with Gasteiger partial charge in [0.25, 0.3) is 0 Å². The third kappa shape index (κ3) is 4.66. The van der Waals surface area contributed by atoms with Crippen LogP contribution in [0.25, 0.3) is 11.8 Å². The van der Waals surface area contributed by atoms with Crippen molar-refractivity contribution in [2.75, 3.05) is 11.9 Å². The second-order valence-electron chi connectivity index (χ2n) is 5.75. The number of halogens is 1. The van der Waals surface area contributed by atoms with E-state index in [0.29, 0.717) is 10.7 Å². The summed E-state index contributed by atoms with van der Waals surface area (Å²) in [5.41, 5.74) is 1.70. The average Bonchev–Trinajstić information content (AvgIpc) is 3.12. The van der Waals surface area contributed by atoms with E-state index >= 15 is 0 Å². The van der Waals surface area contributed by atoms with Gasteiger partial charge in [0, 0.05) is 11.1 Å². The first-order valence-corrected chi connectivity index (χ1v) is 9.01. The molecule has 0 fully saturated rings. The maximum Gasteiger partial charge on any atom is 0.343 e. The first-order valence-electron chi connectivity index (χ1n) is 8.63. The summed E-state index contributed by atoms with van der Waals surface area (Å²) in [6, 6.07) is 16.3. The van der Waals surface area contributed by atoms with Crippen molar-refractivity contribution in [3.05, 3.63) is 83.0 Å². The number of benzene rings is 2. The molecule has 142 valence electrons. The Morgan fingerprint density at radius 1 is 1.14 bits per heavy atom. The highest BCUT2D eigenvalue weighted by Crippen LogP contribution is 2.21. The molecular weight excluding hydrogens is 378 g/mol. The molecule has 0 atom stereocenters. The molecule has 0 aliphatic carbocycles. The Kier molecular flexibility index (Phi) is 6.24. The molecule has 1 N–H and O–H groups in total. The molecule has 0 spiro atoms. The van der Waals surface area contributed by atoms with Crippen molar-refractivity contribution >= 4 is 35.4 Å². The van der Waals surface area contributed by atoms with E-state index in [2.05, 4.69) is 10.4 Å². The lowest BCUT2D eigenvalue weighted by molar-refractivity contribution is -0.111. The number of hydrogen-bond acceptors (Lipinski definition) is 4. The maximum atomic E-state index is 12.4. The first-order chi connectivity index (χ1) is 13.6. The van der Waals surface area contributed by atoms with Gasteiger partial charge in [0.1, 0.15) is 5.56 Å². The summed E-state index contributed by atoms with van der Waals surface area (Å²) < 4.78 is 6.55. The van der Waals surface area contributed by atoms with E-state index in [1.165, 1.54) is 17.0 Å². The number of anilines is 1. The number of carbonyl (C=O) groups is 2. The van der Waals surface area contributed by atoms with E-state index in [0.717, 1.165) is 5.56 Å². The third-order valence-corrected chi connectivity index (χ3v) is 4.06. The van der Waals surface area contributed by atoms with Crippen molar-refractivity contribution in [2.24, 2.45) is 0 Å². The molecule has 0 saturated heterocycles. The van der Waals surface area contributed by atoms with E-state index in [4.69, 9.17) is 16.3 Å². The zero-order valence-electron chi connectivity index (χ0n) is 15.1. The monoisotopic (exact) mass is 395 g/mol. The van der Waals surface area contributed by atoms with E-state index in [9.17, 15) is 9.59 Å². The van der Waals surface area contributed by atoms with Crippen molar-refractivity contribution in [2.45, 2.75) is 6.92 Å². The lowest BCUT2D eigenvalue weighted by atomic mass is 10.2. The van der Waals surface area contributed by atoms with Gasteiger partial charge in [0.15, 0.2) is 5.82 Å². The molecule has 3 aromatic rings. The molecule has 7 heteroatoms. The maximum absolute atomic E-state index is 12.4. The van der Waals surface area contributed by atoms with Crippen LogP contribution in [0.2, 0.25) is 5.02 Å². The first kappa shape index (κ1) is 19.4. The Bertz CT molecular complexity index is 995. The Hall–Kier alpha value is -3.38. The predicted octanol–water partition coefficient (Wildman–Crippen LogP) is 4.35. The lowest BCUT2D eigenvalue weighted by Gasteiger charge is -2.10. The summed E-state index contributed by atoms with van der Waals surface area (Å²) in [4.78, 5) is 24.7. The summed E-state index contributed by atoms with van der Waals surface area (Å²) >= 11 is 5.86. The fourth-order valence-electron chi connectivity index (χ4n) is 2.50. The molecule has 28 heavy (non-hydrogen) atoms. The summed E-state index contributed by atoms with van der Waals surface area (Å²) in [5, 5.41) is 7.58. The number of aromatic nitrogens is 2. The van der Waals surface area contributed by atoms with Crippen LogP contribution in [0, 0.1) is 0 Å². The number of rotatable bonds is 6. The summed E-state index contributed by atoms with van der Waals surface area (Å²) in [6.45, 7) is 1.94. The molecule has 6 nitrogen and oxygen atoms in total. The van der Waals surface area contributed by atoms with E-state index in [1.54, 1.807) is 37.3 Å². The van der Waals surface area contributed by atoms with Crippen molar-refractivity contribution < 1.29 is 14.3 Å². The fourth-order valence-corrected chi connectivity index (χ4v) is 2.62. The molecule has 1 heterocycles. The third-order valence-electron chi connectivity index (χ3n) is 3.80. The predicted molar refractivity (Wildman–Crippen MR) is 109 cm³/mol. The van der Waals surface area contributed by atoms with Gasteiger partial charge in [-0.05, 0) is 42.8 Å². The van der Waals surface area contributed by atoms with Crippen molar-refractivity contribution in [1.29, 1.82) is 0 Å². The molecule has 0 aliphatic heterocycles. The van der Waals surface area contributed by atoms with Gasteiger partial charge in [-0.2, -0.15) is 5.10 Å². The van der Waals surface area contributed by atoms with Gasteiger partial charge in [0.05, 0.1) is 18.5 Å². The van der Waals surface area contributed by atoms with E-state index in [1.807, 2.05) is 30.3 Å². The molecule has 0 bridgehead atoms. The normalized spacial score (nSPS) is 10.8. The fraction of sp³-hybridized carbons (Fsp3) is 0.0952. The van der Waals surface area contributed by atoms with Gasteiger partial charge in [-0.25, -0.2) is 9.48 Å². The average molecular weight is 396 g/mol. The number of para-hydroxylation sites is 1. The lowest BCUT2D eigenvalue weighted by Crippen LogP contribution is -2.16. The van der Waals surface area contributed by atoms with Gasteiger partial charge < -0.3 is 10.1 Å². The number of nitrogens with zero attached hydrogens (tertiary/aromatic N) is 2. The van der Waals surface area contributed by atoms with Crippen LogP contribution in [-0.4, -0.2) is 28.3 Å². The number of hydrogen-bond donors (Lipinski definition) is 1. The standard InChI is InChI=1S/C21H18ClN3O3/c1-2-28-21(27)18-14-23-25(17-6-4-3-5-7-17)20(18)24-19(26)13-10-15-8-11-16(22)12-9-15/h3-14H,2H2,1H3,(H,24,26). The molecule has 3 rings (SSSR count). The summed E-state index contributed by atoms with van der Waals surface area (Å²) in [5.74, 6) is -0.713. The smallest absolute Gasteiger partial charge is 0.343 e. The highest BCUT2D eigenvalue weighted by Gasteiger charge is 2.20. The molecule has 2 aromatic carbocycles. The summed E-state index contributed by atoms with van der Waals surface area (Å²) in [6.07, 6.45) is 4.41. The van der Waals surface area contributed by atoms with Gasteiger partial charge in [0.2, 0.25) is 5.91 Å². The highest BCUT2D eigenvalue weighted by molar-refractivity contribution is 6.30. The van der Waals surface area contributed by atoms with Crippen molar-refractivity contribution in [3.63, 3.8) is 0 Å². The minimum absolute atomic E-state index is 0.180. The second-order valence-corrected chi connectivity index (χ2v) is 6.19. The topological polar surface area (TPSA) is 73.2 Å². The van der Waals surface area contributed by atoms with Gasteiger partial charge in [-0.1, -0.05) is 41.9 Å². The van der Waals surface area contributed by atoms with Crippen LogP contribution in [0.5, 0.6) is 0 Å². The van der Waals surface area contributed by atoms with Crippen LogP contribution in [0.3, 0.4) is 0 Å². The van der Waals surface area contributed by atoms with Crippen LogP contribution in [-0.2, 0) is 9.53 Å². The molecule has 0 saturated carbocycles. The zero-order valence-corrected chi connectivity index (χ0v) is 15.9. The zero-order chi connectivity index (χ0) is 19.9. The van der Waals surface area contributed by atoms with Gasteiger partial charge >= 0.3 is 5.97 Å². The van der Waals surface area contributed by atoms with Crippen LogP contribution in [0.15, 0.2) is 66.9 Å². The van der Waals surface area contributed by atoms with Crippen molar-refractivity contribution in [3.8, 4) is 5.69 Å². The number of ether oxygens (including phenoxy) is 1. The van der Waals surface area contributed by atoms with Crippen LogP contribution < -0.4 is 5.32 Å². The largest absolute Gasteiger partial charge is 0.462 e. The molecule has 1 aromatic heterocycles. The van der Waals surface area contributed by atoms with Crippen LogP contribution >= 0.6 is 11.6 Å². The Morgan fingerprint density at radius 2 is 1.86 bits per heavy atom. The van der Waals surface area contributed by atoms with Crippen LogP contribution in [0.4, 0.5) is 5.82 Å². The van der Waals surface area contributed by atoms with Gasteiger partial charge in [-0.3, -0.25) is 4.79 Å². The van der Waals surface area contributed by atoms with E-state index < -0.39 is 11.9 Å². The molecule has 1 amide bonds.